The summed E-state index contributed by atoms with van der Waals surface area (Å²) < 4.78 is 0. The standard InChI is InChI=1S/C10H22O/c1-9(10(2,3)4)7-5-6-8-11/h9,11H,5-8H2,1-4H3/t9-/m0/s1. The lowest BCUT2D eigenvalue weighted by atomic mass is 9.79. The molecule has 0 unspecified atom stereocenters. The second-order valence-corrected chi connectivity index (χ2v) is 4.49. The zero-order valence-corrected chi connectivity index (χ0v) is 8.35. The van der Waals surface area contributed by atoms with E-state index in [2.05, 4.69) is 27.7 Å². The summed E-state index contributed by atoms with van der Waals surface area (Å²) in [6.45, 7) is 9.46. The molecule has 11 heavy (non-hydrogen) atoms. The van der Waals surface area contributed by atoms with Crippen molar-refractivity contribution >= 4 is 0 Å². The molecule has 0 radical (unpaired) electrons. The molecule has 0 heterocycles. The highest BCUT2D eigenvalue weighted by Gasteiger charge is 2.18. The van der Waals surface area contributed by atoms with Gasteiger partial charge < -0.3 is 5.11 Å². The quantitative estimate of drug-likeness (QED) is 0.624. The minimum Gasteiger partial charge on any atom is -0.396 e. The van der Waals surface area contributed by atoms with E-state index in [1.165, 1.54) is 6.42 Å². The van der Waals surface area contributed by atoms with E-state index in [4.69, 9.17) is 5.11 Å². The van der Waals surface area contributed by atoms with Crippen molar-refractivity contribution in [1.29, 1.82) is 0 Å². The summed E-state index contributed by atoms with van der Waals surface area (Å²) in [7, 11) is 0. The van der Waals surface area contributed by atoms with Crippen LogP contribution in [0.15, 0.2) is 0 Å². The lowest BCUT2D eigenvalue weighted by molar-refractivity contribution is 0.227. The van der Waals surface area contributed by atoms with E-state index in [0.29, 0.717) is 12.0 Å². The first kappa shape index (κ1) is 11.0. The zero-order chi connectivity index (χ0) is 8.91. The topological polar surface area (TPSA) is 20.2 Å². The van der Waals surface area contributed by atoms with Crippen molar-refractivity contribution in [1.82, 2.24) is 0 Å². The zero-order valence-electron chi connectivity index (χ0n) is 8.35. The van der Waals surface area contributed by atoms with E-state index in [-0.39, 0.29) is 0 Å². The lowest BCUT2D eigenvalue weighted by Gasteiger charge is -2.27. The van der Waals surface area contributed by atoms with Crippen LogP contribution in [0.2, 0.25) is 0 Å². The molecule has 1 N–H and O–H groups in total. The van der Waals surface area contributed by atoms with Crippen LogP contribution in [-0.4, -0.2) is 11.7 Å². The predicted octanol–water partition coefficient (Wildman–Crippen LogP) is 2.83. The Bertz CT molecular complexity index is 91.5. The van der Waals surface area contributed by atoms with Crippen molar-refractivity contribution in [2.24, 2.45) is 11.3 Å². The number of aliphatic hydroxyl groups is 1. The van der Waals surface area contributed by atoms with E-state index < -0.39 is 0 Å². The molecule has 0 aromatic carbocycles. The molecule has 0 aliphatic carbocycles. The van der Waals surface area contributed by atoms with Gasteiger partial charge in [-0.25, -0.2) is 0 Å². The van der Waals surface area contributed by atoms with E-state index >= 15 is 0 Å². The largest absolute Gasteiger partial charge is 0.396 e. The van der Waals surface area contributed by atoms with Gasteiger partial charge in [-0.3, -0.25) is 0 Å². The molecule has 0 bridgehead atoms. The van der Waals surface area contributed by atoms with Crippen molar-refractivity contribution in [3.8, 4) is 0 Å². The van der Waals surface area contributed by atoms with Gasteiger partial charge in [-0.05, 0) is 17.8 Å². The van der Waals surface area contributed by atoms with Gasteiger partial charge in [0.05, 0.1) is 0 Å². The Morgan fingerprint density at radius 2 is 1.73 bits per heavy atom. The average molecular weight is 158 g/mol. The Morgan fingerprint density at radius 3 is 2.09 bits per heavy atom. The van der Waals surface area contributed by atoms with Gasteiger partial charge >= 0.3 is 0 Å². The van der Waals surface area contributed by atoms with Gasteiger partial charge in [0.15, 0.2) is 0 Å². The van der Waals surface area contributed by atoms with E-state index in [1.807, 2.05) is 0 Å². The predicted molar refractivity (Wildman–Crippen MR) is 49.6 cm³/mol. The molecule has 0 saturated heterocycles. The maximum Gasteiger partial charge on any atom is 0.0431 e. The number of unbranched alkanes of at least 4 members (excludes halogenated alkanes) is 1. The minimum absolute atomic E-state index is 0.344. The highest BCUT2D eigenvalue weighted by molar-refractivity contribution is 4.69. The molecule has 0 aromatic heterocycles. The Balaban J connectivity index is 3.44. The lowest BCUT2D eigenvalue weighted by Crippen LogP contribution is -2.17. The molecule has 0 aromatic rings. The summed E-state index contributed by atoms with van der Waals surface area (Å²) in [6.07, 6.45) is 3.36. The van der Waals surface area contributed by atoms with Crippen LogP contribution in [0.3, 0.4) is 0 Å². The SMILES string of the molecule is C[C@@H](CCCCO)C(C)(C)C. The third-order valence-electron chi connectivity index (χ3n) is 2.52. The molecule has 0 aliphatic rings. The molecule has 1 heteroatoms. The highest BCUT2D eigenvalue weighted by atomic mass is 16.2. The fraction of sp³-hybridized carbons (Fsp3) is 1.00. The second kappa shape index (κ2) is 4.76. The molecular formula is C10H22O. The molecule has 0 amide bonds. The van der Waals surface area contributed by atoms with Crippen LogP contribution in [0.4, 0.5) is 0 Å². The summed E-state index contributed by atoms with van der Waals surface area (Å²) >= 11 is 0. The van der Waals surface area contributed by atoms with Crippen LogP contribution >= 0.6 is 0 Å². The first-order valence-electron chi connectivity index (χ1n) is 4.59. The first-order chi connectivity index (χ1) is 4.98. The molecule has 0 saturated carbocycles. The fourth-order valence-electron chi connectivity index (χ4n) is 0.995. The maximum absolute atomic E-state index is 8.58. The smallest absolute Gasteiger partial charge is 0.0431 e. The Morgan fingerprint density at radius 1 is 1.18 bits per heavy atom. The van der Waals surface area contributed by atoms with Gasteiger partial charge in [0, 0.05) is 6.61 Å². The summed E-state index contributed by atoms with van der Waals surface area (Å²) in [6, 6.07) is 0. The molecule has 0 spiro atoms. The van der Waals surface area contributed by atoms with Crippen LogP contribution in [0.25, 0.3) is 0 Å². The summed E-state index contributed by atoms with van der Waals surface area (Å²) in [5.41, 5.74) is 0.426. The number of rotatable bonds is 4. The van der Waals surface area contributed by atoms with Crippen molar-refractivity contribution in [2.75, 3.05) is 6.61 Å². The minimum atomic E-state index is 0.344. The van der Waals surface area contributed by atoms with Crippen molar-refractivity contribution < 1.29 is 5.11 Å². The Labute approximate surface area is 70.8 Å². The molecule has 0 rings (SSSR count). The fourth-order valence-corrected chi connectivity index (χ4v) is 0.995. The summed E-state index contributed by atoms with van der Waals surface area (Å²) in [5, 5.41) is 8.58. The van der Waals surface area contributed by atoms with Crippen molar-refractivity contribution in [3.63, 3.8) is 0 Å². The summed E-state index contributed by atoms with van der Waals surface area (Å²) in [5.74, 6) is 0.758. The molecular weight excluding hydrogens is 136 g/mol. The molecule has 0 aliphatic heterocycles. The average Bonchev–Trinajstić information content (AvgIpc) is 1.86. The molecule has 68 valence electrons. The number of hydrogen-bond acceptors (Lipinski definition) is 1. The van der Waals surface area contributed by atoms with E-state index in [1.54, 1.807) is 0 Å². The van der Waals surface area contributed by atoms with Gasteiger partial charge in [-0.1, -0.05) is 40.5 Å². The molecule has 0 fully saturated rings. The number of aliphatic hydroxyl groups excluding tert-OH is 1. The van der Waals surface area contributed by atoms with Gasteiger partial charge in [-0.15, -0.1) is 0 Å². The third-order valence-corrected chi connectivity index (χ3v) is 2.52. The third kappa shape index (κ3) is 5.25. The van der Waals surface area contributed by atoms with Crippen molar-refractivity contribution in [3.05, 3.63) is 0 Å². The van der Waals surface area contributed by atoms with Gasteiger partial charge in [-0.2, -0.15) is 0 Å². The van der Waals surface area contributed by atoms with Crippen LogP contribution in [0.1, 0.15) is 47.0 Å². The maximum atomic E-state index is 8.58. The normalized spacial score (nSPS) is 15.0. The highest BCUT2D eigenvalue weighted by Crippen LogP contribution is 2.29. The molecule has 1 nitrogen and oxygen atoms in total. The second-order valence-electron chi connectivity index (χ2n) is 4.49. The number of hydrogen-bond donors (Lipinski definition) is 1. The monoisotopic (exact) mass is 158 g/mol. The Hall–Kier alpha value is -0.0400. The van der Waals surface area contributed by atoms with E-state index in [9.17, 15) is 0 Å². The van der Waals surface area contributed by atoms with Crippen molar-refractivity contribution in [2.45, 2.75) is 47.0 Å². The first-order valence-corrected chi connectivity index (χ1v) is 4.59. The molecule has 1 atom stereocenters. The van der Waals surface area contributed by atoms with Crippen LogP contribution in [-0.2, 0) is 0 Å². The summed E-state index contributed by atoms with van der Waals surface area (Å²) in [4.78, 5) is 0. The Kier molecular flexibility index (Phi) is 4.74. The van der Waals surface area contributed by atoms with Gasteiger partial charge in [0.25, 0.3) is 0 Å². The van der Waals surface area contributed by atoms with Gasteiger partial charge in [0.1, 0.15) is 0 Å². The van der Waals surface area contributed by atoms with Crippen LogP contribution in [0, 0.1) is 11.3 Å². The van der Waals surface area contributed by atoms with Crippen LogP contribution in [0.5, 0.6) is 0 Å². The van der Waals surface area contributed by atoms with Crippen LogP contribution < -0.4 is 0 Å². The van der Waals surface area contributed by atoms with E-state index in [0.717, 1.165) is 18.8 Å². The van der Waals surface area contributed by atoms with Gasteiger partial charge in [0.2, 0.25) is 0 Å².